The summed E-state index contributed by atoms with van der Waals surface area (Å²) in [5.74, 6) is -0.112. The maximum absolute atomic E-state index is 12.4. The first-order chi connectivity index (χ1) is 13.8. The molecule has 0 bridgehead atoms. The summed E-state index contributed by atoms with van der Waals surface area (Å²) < 4.78 is 0. The van der Waals surface area contributed by atoms with Gasteiger partial charge in [-0.1, -0.05) is 72.8 Å². The zero-order chi connectivity index (χ0) is 18.9. The molecular weight excluding hydrogens is 344 g/mol. The van der Waals surface area contributed by atoms with Crippen LogP contribution in [0.15, 0.2) is 77.9 Å². The molecule has 28 heavy (non-hydrogen) atoms. The highest BCUT2D eigenvalue weighted by molar-refractivity contribution is 6.03. The van der Waals surface area contributed by atoms with Gasteiger partial charge in [-0.2, -0.15) is 5.10 Å². The number of carbonyl (C=O) groups is 1. The van der Waals surface area contributed by atoms with Crippen molar-refractivity contribution in [3.8, 4) is 0 Å². The smallest absolute Gasteiger partial charge is 0.244 e. The molecule has 1 N–H and O–H groups in total. The Morgan fingerprint density at radius 3 is 2.54 bits per heavy atom. The number of nitrogens with one attached hydrogen (secondary N) is 1. The Balaban J connectivity index is 1.35. The number of amides is 1. The normalized spacial score (nSPS) is 12.9. The number of aryl methyl sites for hydroxylation is 2. The Kier molecular flexibility index (Phi) is 4.13. The van der Waals surface area contributed by atoms with Gasteiger partial charge in [-0.05, 0) is 51.1 Å². The molecule has 0 radical (unpaired) electrons. The minimum Gasteiger partial charge on any atom is -0.273 e. The largest absolute Gasteiger partial charge is 0.273 e. The van der Waals surface area contributed by atoms with E-state index in [2.05, 4.69) is 53.0 Å². The van der Waals surface area contributed by atoms with Crippen LogP contribution in [0.2, 0.25) is 0 Å². The molecule has 0 fully saturated rings. The van der Waals surface area contributed by atoms with Gasteiger partial charge in [0.05, 0.1) is 12.6 Å². The molecule has 1 amide bonds. The summed E-state index contributed by atoms with van der Waals surface area (Å²) in [5.41, 5.74) is 7.54. The van der Waals surface area contributed by atoms with Gasteiger partial charge in [-0.25, -0.2) is 5.43 Å². The lowest BCUT2D eigenvalue weighted by atomic mass is 10.0. The van der Waals surface area contributed by atoms with Gasteiger partial charge < -0.3 is 0 Å². The second kappa shape index (κ2) is 6.93. The minimum absolute atomic E-state index is 0.112. The highest BCUT2D eigenvalue weighted by Gasteiger charge is 2.15. The van der Waals surface area contributed by atoms with Crippen molar-refractivity contribution in [1.29, 1.82) is 0 Å². The van der Waals surface area contributed by atoms with Gasteiger partial charge in [-0.3, -0.25) is 4.79 Å². The summed E-state index contributed by atoms with van der Waals surface area (Å²) in [4.78, 5) is 12.4. The molecule has 4 aromatic carbocycles. The predicted octanol–water partition coefficient (Wildman–Crippen LogP) is 4.78. The lowest BCUT2D eigenvalue weighted by Crippen LogP contribution is -2.19. The monoisotopic (exact) mass is 364 g/mol. The van der Waals surface area contributed by atoms with Crippen LogP contribution in [0.5, 0.6) is 0 Å². The zero-order valence-electron chi connectivity index (χ0n) is 15.5. The maximum atomic E-state index is 12.4. The summed E-state index contributed by atoms with van der Waals surface area (Å²) in [5, 5.41) is 9.04. The molecule has 1 aliphatic rings. The van der Waals surface area contributed by atoms with Crippen LogP contribution in [-0.4, -0.2) is 12.1 Å². The molecule has 4 aromatic rings. The third-order valence-corrected chi connectivity index (χ3v) is 5.53. The Morgan fingerprint density at radius 2 is 1.61 bits per heavy atom. The molecule has 0 saturated carbocycles. The van der Waals surface area contributed by atoms with E-state index < -0.39 is 0 Å². The average Bonchev–Trinajstić information content (AvgIpc) is 3.15. The van der Waals surface area contributed by atoms with Crippen molar-refractivity contribution in [2.45, 2.75) is 19.3 Å². The molecule has 0 aromatic heterocycles. The molecule has 0 atom stereocenters. The van der Waals surface area contributed by atoms with Crippen LogP contribution in [0.1, 0.15) is 22.3 Å². The van der Waals surface area contributed by atoms with Gasteiger partial charge >= 0.3 is 0 Å². The predicted molar refractivity (Wildman–Crippen MR) is 115 cm³/mol. The Hall–Kier alpha value is -3.46. The van der Waals surface area contributed by atoms with E-state index in [0.29, 0.717) is 6.42 Å². The maximum Gasteiger partial charge on any atom is 0.244 e. The molecule has 0 aliphatic heterocycles. The molecule has 3 nitrogen and oxygen atoms in total. The fourth-order valence-corrected chi connectivity index (χ4v) is 4.21. The number of carbonyl (C=O) groups excluding carboxylic acids is 1. The first-order valence-corrected chi connectivity index (χ1v) is 9.61. The third-order valence-electron chi connectivity index (χ3n) is 5.53. The molecule has 0 saturated heterocycles. The molecular formula is C25H20N2O. The number of hydrogen-bond acceptors (Lipinski definition) is 2. The number of nitrogens with zero attached hydrogens (tertiary/aromatic N) is 1. The van der Waals surface area contributed by atoms with Crippen molar-refractivity contribution in [3.63, 3.8) is 0 Å². The molecule has 5 rings (SSSR count). The molecule has 0 spiro atoms. The summed E-state index contributed by atoms with van der Waals surface area (Å²) in [7, 11) is 0. The average molecular weight is 364 g/mol. The fraction of sp³-hybridized carbons (Fsp3) is 0.120. The van der Waals surface area contributed by atoms with E-state index in [1.54, 1.807) is 6.21 Å². The van der Waals surface area contributed by atoms with Crippen LogP contribution in [0.3, 0.4) is 0 Å². The number of hydrogen-bond donors (Lipinski definition) is 1. The van der Waals surface area contributed by atoms with Crippen molar-refractivity contribution >= 4 is 33.7 Å². The van der Waals surface area contributed by atoms with Gasteiger partial charge in [0.25, 0.3) is 0 Å². The number of fused-ring (bicyclic) bond motifs is 1. The summed E-state index contributed by atoms with van der Waals surface area (Å²) >= 11 is 0. The van der Waals surface area contributed by atoms with Crippen LogP contribution in [0.25, 0.3) is 21.5 Å². The van der Waals surface area contributed by atoms with E-state index >= 15 is 0 Å². The van der Waals surface area contributed by atoms with Crippen LogP contribution in [-0.2, 0) is 24.1 Å². The third kappa shape index (κ3) is 2.95. The van der Waals surface area contributed by atoms with Crippen LogP contribution in [0.4, 0.5) is 0 Å². The van der Waals surface area contributed by atoms with Crippen LogP contribution < -0.4 is 5.43 Å². The Labute approximate surface area is 163 Å². The van der Waals surface area contributed by atoms with Crippen molar-refractivity contribution in [2.75, 3.05) is 0 Å². The van der Waals surface area contributed by atoms with Gasteiger partial charge in [0.2, 0.25) is 5.91 Å². The van der Waals surface area contributed by atoms with Gasteiger partial charge in [-0.15, -0.1) is 0 Å². The Bertz CT molecular complexity index is 1220. The van der Waals surface area contributed by atoms with Gasteiger partial charge in [0.1, 0.15) is 0 Å². The highest BCUT2D eigenvalue weighted by Crippen LogP contribution is 2.32. The quantitative estimate of drug-likeness (QED) is 0.411. The first-order valence-electron chi connectivity index (χ1n) is 9.61. The van der Waals surface area contributed by atoms with Crippen molar-refractivity contribution < 1.29 is 4.79 Å². The van der Waals surface area contributed by atoms with Gasteiger partial charge in [0, 0.05) is 5.56 Å². The summed E-state index contributed by atoms with van der Waals surface area (Å²) in [6, 6.07) is 24.9. The topological polar surface area (TPSA) is 41.5 Å². The molecule has 3 heteroatoms. The van der Waals surface area contributed by atoms with E-state index in [9.17, 15) is 4.79 Å². The zero-order valence-corrected chi connectivity index (χ0v) is 15.5. The SMILES string of the molecule is O=C(Cc1cccc2ccccc12)N/N=C\c1ccc2c3c(cccc13)CC2. The van der Waals surface area contributed by atoms with Gasteiger partial charge in [0.15, 0.2) is 0 Å². The standard InChI is InChI=1S/C25H20N2O/c28-24(15-20-8-3-6-17-5-1-2-9-22(17)20)27-26-16-21-14-13-19-12-11-18-7-4-10-23(21)25(18)19/h1-10,13-14,16H,11-12,15H2,(H,27,28)/b26-16-. The molecule has 136 valence electrons. The highest BCUT2D eigenvalue weighted by atomic mass is 16.2. The lowest BCUT2D eigenvalue weighted by Gasteiger charge is -2.06. The van der Waals surface area contributed by atoms with E-state index in [-0.39, 0.29) is 5.91 Å². The molecule has 1 aliphatic carbocycles. The van der Waals surface area contributed by atoms with E-state index in [0.717, 1.165) is 34.7 Å². The first kappa shape index (κ1) is 16.7. The number of hydrazone groups is 1. The van der Waals surface area contributed by atoms with Crippen LogP contribution >= 0.6 is 0 Å². The lowest BCUT2D eigenvalue weighted by molar-refractivity contribution is -0.120. The molecule has 0 unspecified atom stereocenters. The molecule has 0 heterocycles. The minimum atomic E-state index is -0.112. The van der Waals surface area contributed by atoms with Crippen LogP contribution in [0, 0.1) is 0 Å². The van der Waals surface area contributed by atoms with E-state index in [1.807, 2.05) is 30.3 Å². The fourth-order valence-electron chi connectivity index (χ4n) is 4.21. The van der Waals surface area contributed by atoms with Crippen molar-refractivity contribution in [3.05, 3.63) is 95.1 Å². The van der Waals surface area contributed by atoms with E-state index in [1.165, 1.54) is 21.9 Å². The summed E-state index contributed by atoms with van der Waals surface area (Å²) in [6.07, 6.45) is 4.27. The van der Waals surface area contributed by atoms with E-state index in [4.69, 9.17) is 0 Å². The second-order valence-electron chi connectivity index (χ2n) is 7.26. The second-order valence-corrected chi connectivity index (χ2v) is 7.26. The van der Waals surface area contributed by atoms with Crippen molar-refractivity contribution in [2.24, 2.45) is 5.10 Å². The number of rotatable bonds is 4. The Morgan fingerprint density at radius 1 is 0.857 bits per heavy atom. The number of benzene rings is 4. The van der Waals surface area contributed by atoms with Crippen molar-refractivity contribution in [1.82, 2.24) is 5.43 Å². The summed E-state index contributed by atoms with van der Waals surface area (Å²) in [6.45, 7) is 0.